The van der Waals surface area contributed by atoms with E-state index in [0.29, 0.717) is 11.9 Å². The lowest BCUT2D eigenvalue weighted by Gasteiger charge is -2.22. The summed E-state index contributed by atoms with van der Waals surface area (Å²) in [5, 5.41) is 10.4. The topological polar surface area (TPSA) is 53.7 Å². The van der Waals surface area contributed by atoms with Crippen LogP contribution in [0.25, 0.3) is 11.0 Å². The molecule has 1 saturated carbocycles. The highest BCUT2D eigenvalue weighted by atomic mass is 19.1. The van der Waals surface area contributed by atoms with Gasteiger partial charge in [-0.25, -0.2) is 4.39 Å². The molecule has 3 rings (SSSR count). The van der Waals surface area contributed by atoms with E-state index in [4.69, 9.17) is 4.42 Å². The van der Waals surface area contributed by atoms with E-state index in [2.05, 4.69) is 0 Å². The predicted octanol–water partition coefficient (Wildman–Crippen LogP) is 2.80. The van der Waals surface area contributed by atoms with E-state index in [1.165, 1.54) is 11.0 Å². The fourth-order valence-corrected chi connectivity index (χ4v) is 2.99. The maximum Gasteiger partial charge on any atom is 0.289 e. The molecular weight excluding hydrogens is 273 g/mol. The van der Waals surface area contributed by atoms with Gasteiger partial charge in [0.15, 0.2) is 17.2 Å². The van der Waals surface area contributed by atoms with Crippen LogP contribution >= 0.6 is 0 Å². The first-order chi connectivity index (χ1) is 10.1. The Hall–Kier alpha value is -1.88. The number of carbonyl (C=O) groups excluding carboxylic acids is 1. The van der Waals surface area contributed by atoms with Crippen LogP contribution in [0.15, 0.2) is 28.7 Å². The summed E-state index contributed by atoms with van der Waals surface area (Å²) in [5.41, 5.74) is 0.107. The molecule has 2 atom stereocenters. The van der Waals surface area contributed by atoms with Crippen molar-refractivity contribution in [1.82, 2.24) is 4.90 Å². The van der Waals surface area contributed by atoms with E-state index < -0.39 is 5.82 Å². The van der Waals surface area contributed by atoms with Crippen LogP contribution < -0.4 is 0 Å². The minimum absolute atomic E-state index is 0.107. The summed E-state index contributed by atoms with van der Waals surface area (Å²) in [4.78, 5) is 13.9. The van der Waals surface area contributed by atoms with E-state index >= 15 is 0 Å². The number of aliphatic hydroxyl groups excluding tert-OH is 1. The van der Waals surface area contributed by atoms with Crippen molar-refractivity contribution in [3.8, 4) is 0 Å². The van der Waals surface area contributed by atoms with Crippen LogP contribution in [0.5, 0.6) is 0 Å². The molecule has 21 heavy (non-hydrogen) atoms. The van der Waals surface area contributed by atoms with Crippen molar-refractivity contribution >= 4 is 16.9 Å². The molecule has 1 aromatic heterocycles. The first kappa shape index (κ1) is 14.1. The maximum atomic E-state index is 13.6. The number of para-hydroxylation sites is 1. The highest BCUT2D eigenvalue weighted by Gasteiger charge is 2.28. The molecule has 1 aliphatic carbocycles. The molecule has 4 nitrogen and oxygen atoms in total. The molecule has 2 aromatic rings. The standard InChI is InChI=1S/C16H18FNO3/c1-18(9-11-5-3-7-13(11)19)16(20)14-8-10-4-2-6-12(17)15(10)21-14/h2,4,6,8,11,13,19H,3,5,7,9H2,1H3. The number of carbonyl (C=O) groups is 1. The molecule has 1 fully saturated rings. The minimum Gasteiger partial charge on any atom is -0.448 e. The van der Waals surface area contributed by atoms with Gasteiger partial charge in [-0.05, 0) is 25.0 Å². The second-order valence-electron chi connectivity index (χ2n) is 5.71. The third-order valence-corrected chi connectivity index (χ3v) is 4.18. The number of nitrogens with zero attached hydrogens (tertiary/aromatic N) is 1. The van der Waals surface area contributed by atoms with Crippen LogP contribution in [0.1, 0.15) is 29.8 Å². The molecular formula is C16H18FNO3. The molecule has 1 aliphatic rings. The molecule has 1 amide bonds. The molecule has 0 saturated heterocycles. The Morgan fingerprint density at radius 1 is 1.48 bits per heavy atom. The smallest absolute Gasteiger partial charge is 0.289 e. The quantitative estimate of drug-likeness (QED) is 0.946. The summed E-state index contributed by atoms with van der Waals surface area (Å²) in [6.07, 6.45) is 2.37. The van der Waals surface area contributed by atoms with Crippen LogP contribution in [0, 0.1) is 11.7 Å². The highest BCUT2D eigenvalue weighted by molar-refractivity contribution is 5.96. The van der Waals surface area contributed by atoms with Gasteiger partial charge in [0.25, 0.3) is 5.91 Å². The van der Waals surface area contributed by atoms with Gasteiger partial charge in [0.05, 0.1) is 6.10 Å². The summed E-state index contributed by atoms with van der Waals surface area (Å²) in [6, 6.07) is 6.15. The fraction of sp³-hybridized carbons (Fsp3) is 0.438. The predicted molar refractivity (Wildman–Crippen MR) is 76.5 cm³/mol. The van der Waals surface area contributed by atoms with E-state index in [1.54, 1.807) is 25.2 Å². The van der Waals surface area contributed by atoms with Crippen molar-refractivity contribution in [2.75, 3.05) is 13.6 Å². The normalized spacial score (nSPS) is 21.9. The zero-order valence-electron chi connectivity index (χ0n) is 11.9. The third-order valence-electron chi connectivity index (χ3n) is 4.18. The lowest BCUT2D eigenvalue weighted by atomic mass is 10.1. The van der Waals surface area contributed by atoms with Crippen LogP contribution in [-0.4, -0.2) is 35.6 Å². The summed E-state index contributed by atoms with van der Waals surface area (Å²) in [6.45, 7) is 0.486. The summed E-state index contributed by atoms with van der Waals surface area (Å²) in [7, 11) is 1.68. The highest BCUT2D eigenvalue weighted by Crippen LogP contribution is 2.27. The average Bonchev–Trinajstić information content (AvgIpc) is 3.06. The molecule has 0 aliphatic heterocycles. The van der Waals surface area contributed by atoms with E-state index in [-0.39, 0.29) is 29.3 Å². The van der Waals surface area contributed by atoms with Gasteiger partial charge in [-0.1, -0.05) is 18.6 Å². The molecule has 1 N–H and O–H groups in total. The largest absolute Gasteiger partial charge is 0.448 e. The Balaban J connectivity index is 1.78. The van der Waals surface area contributed by atoms with E-state index in [1.807, 2.05) is 0 Å². The fourth-order valence-electron chi connectivity index (χ4n) is 2.99. The third kappa shape index (κ3) is 2.65. The number of aliphatic hydroxyl groups is 1. The van der Waals surface area contributed by atoms with Gasteiger partial charge in [-0.3, -0.25) is 4.79 Å². The van der Waals surface area contributed by atoms with Gasteiger partial charge in [-0.2, -0.15) is 0 Å². The van der Waals surface area contributed by atoms with Crippen molar-refractivity contribution in [2.45, 2.75) is 25.4 Å². The number of hydrogen-bond donors (Lipinski definition) is 1. The number of rotatable bonds is 3. The number of fused-ring (bicyclic) bond motifs is 1. The van der Waals surface area contributed by atoms with Crippen molar-refractivity contribution in [3.63, 3.8) is 0 Å². The number of benzene rings is 1. The zero-order valence-corrected chi connectivity index (χ0v) is 11.9. The number of hydrogen-bond acceptors (Lipinski definition) is 3. The summed E-state index contributed by atoms with van der Waals surface area (Å²) < 4.78 is 18.9. The second-order valence-corrected chi connectivity index (χ2v) is 5.71. The van der Waals surface area contributed by atoms with Crippen LogP contribution in [0.4, 0.5) is 4.39 Å². The first-order valence-electron chi connectivity index (χ1n) is 7.18. The van der Waals surface area contributed by atoms with Gasteiger partial charge in [0.1, 0.15) is 0 Å². The van der Waals surface area contributed by atoms with Gasteiger partial charge < -0.3 is 14.4 Å². The van der Waals surface area contributed by atoms with Gasteiger partial charge in [0, 0.05) is 24.9 Å². The Labute approximate surface area is 122 Å². The zero-order chi connectivity index (χ0) is 15.0. The molecule has 2 unspecified atom stereocenters. The lowest BCUT2D eigenvalue weighted by molar-refractivity contribution is 0.0667. The second kappa shape index (κ2) is 5.48. The maximum absolute atomic E-state index is 13.6. The minimum atomic E-state index is -0.472. The first-order valence-corrected chi connectivity index (χ1v) is 7.18. The molecule has 0 spiro atoms. The Morgan fingerprint density at radius 2 is 2.29 bits per heavy atom. The van der Waals surface area contributed by atoms with Gasteiger partial charge in [-0.15, -0.1) is 0 Å². The van der Waals surface area contributed by atoms with Crippen molar-refractivity contribution < 1.29 is 18.7 Å². The molecule has 1 aromatic carbocycles. The van der Waals surface area contributed by atoms with Crippen LogP contribution in [-0.2, 0) is 0 Å². The molecule has 5 heteroatoms. The van der Waals surface area contributed by atoms with E-state index in [9.17, 15) is 14.3 Å². The van der Waals surface area contributed by atoms with Gasteiger partial charge in [0.2, 0.25) is 0 Å². The molecule has 0 radical (unpaired) electrons. The van der Waals surface area contributed by atoms with Gasteiger partial charge >= 0.3 is 0 Å². The van der Waals surface area contributed by atoms with Crippen LogP contribution in [0.2, 0.25) is 0 Å². The number of halogens is 1. The van der Waals surface area contributed by atoms with Crippen molar-refractivity contribution in [1.29, 1.82) is 0 Å². The number of amides is 1. The average molecular weight is 291 g/mol. The van der Waals surface area contributed by atoms with E-state index in [0.717, 1.165) is 19.3 Å². The lowest BCUT2D eigenvalue weighted by Crippen LogP contribution is -2.34. The molecule has 112 valence electrons. The molecule has 1 heterocycles. The van der Waals surface area contributed by atoms with Crippen molar-refractivity contribution in [3.05, 3.63) is 35.8 Å². The van der Waals surface area contributed by atoms with Crippen LogP contribution in [0.3, 0.4) is 0 Å². The summed E-state index contributed by atoms with van der Waals surface area (Å²) >= 11 is 0. The monoisotopic (exact) mass is 291 g/mol. The number of furan rings is 1. The van der Waals surface area contributed by atoms with Crippen molar-refractivity contribution in [2.24, 2.45) is 5.92 Å². The SMILES string of the molecule is CN(CC1CCCC1O)C(=O)c1cc2cccc(F)c2o1. The Morgan fingerprint density at radius 3 is 2.95 bits per heavy atom. The molecule has 0 bridgehead atoms. The Kier molecular flexibility index (Phi) is 3.68. The Bertz CT molecular complexity index is 667. The summed E-state index contributed by atoms with van der Waals surface area (Å²) in [5.74, 6) is -0.518.